The van der Waals surface area contributed by atoms with Crippen molar-refractivity contribution in [1.82, 2.24) is 4.90 Å². The molecule has 0 spiro atoms. The third kappa shape index (κ3) is 2.86. The van der Waals surface area contributed by atoms with E-state index in [1.807, 2.05) is 6.92 Å². The van der Waals surface area contributed by atoms with Crippen molar-refractivity contribution in [2.75, 3.05) is 13.1 Å². The van der Waals surface area contributed by atoms with Gasteiger partial charge >= 0.3 is 12.1 Å². The Bertz CT molecular complexity index is 242. The van der Waals surface area contributed by atoms with Gasteiger partial charge in [-0.1, -0.05) is 20.3 Å². The zero-order valence-electron chi connectivity index (χ0n) is 9.02. The number of nitrogens with zero attached hydrogens (tertiary/aromatic N) is 1. The Morgan fingerprint density at radius 3 is 2.13 bits per heavy atom. The Morgan fingerprint density at radius 1 is 1.33 bits per heavy atom. The van der Waals surface area contributed by atoms with Crippen LogP contribution in [0.3, 0.4) is 0 Å². The normalized spacial score (nSPS) is 21.5. The third-order valence-electron chi connectivity index (χ3n) is 3.35. The van der Waals surface area contributed by atoms with Crippen LogP contribution in [0.4, 0.5) is 13.2 Å². The van der Waals surface area contributed by atoms with Gasteiger partial charge in [0, 0.05) is 13.1 Å². The molecule has 2 nitrogen and oxygen atoms in total. The van der Waals surface area contributed by atoms with E-state index in [4.69, 9.17) is 0 Å². The molecule has 0 aromatic carbocycles. The van der Waals surface area contributed by atoms with Crippen molar-refractivity contribution < 1.29 is 18.0 Å². The van der Waals surface area contributed by atoms with Crippen molar-refractivity contribution in [1.29, 1.82) is 0 Å². The Labute approximate surface area is 87.4 Å². The minimum atomic E-state index is -4.72. The number of amides is 1. The minimum Gasteiger partial charge on any atom is -0.335 e. The van der Waals surface area contributed by atoms with E-state index in [-0.39, 0.29) is 18.5 Å². The average Bonchev–Trinajstić information content (AvgIpc) is 2.17. The summed E-state index contributed by atoms with van der Waals surface area (Å²) in [6.45, 7) is 4.54. The fourth-order valence-electron chi connectivity index (χ4n) is 1.78. The van der Waals surface area contributed by atoms with Crippen molar-refractivity contribution in [2.45, 2.75) is 39.3 Å². The topological polar surface area (TPSA) is 20.3 Å². The highest BCUT2D eigenvalue weighted by Crippen LogP contribution is 2.35. The molecule has 0 saturated carbocycles. The fraction of sp³-hybridized carbons (Fsp3) is 0.900. The highest BCUT2D eigenvalue weighted by atomic mass is 19.4. The molecule has 0 radical (unpaired) electrons. The maximum absolute atomic E-state index is 12.1. The summed E-state index contributed by atoms with van der Waals surface area (Å²) < 4.78 is 36.4. The van der Waals surface area contributed by atoms with Crippen LogP contribution in [-0.2, 0) is 4.79 Å². The first-order valence-corrected chi connectivity index (χ1v) is 5.14. The van der Waals surface area contributed by atoms with Crippen molar-refractivity contribution in [3.63, 3.8) is 0 Å². The van der Waals surface area contributed by atoms with E-state index in [1.54, 1.807) is 0 Å². The summed E-state index contributed by atoms with van der Waals surface area (Å²) in [6, 6.07) is 0. The predicted octanol–water partition coefficient (Wildman–Crippen LogP) is 2.59. The number of piperidine rings is 1. The molecule has 1 rings (SSSR count). The Morgan fingerprint density at radius 2 is 1.80 bits per heavy atom. The monoisotopic (exact) mass is 223 g/mol. The lowest BCUT2D eigenvalue weighted by Gasteiger charge is -2.39. The smallest absolute Gasteiger partial charge is 0.335 e. The lowest BCUT2D eigenvalue weighted by atomic mass is 9.78. The molecule has 0 unspecified atom stereocenters. The summed E-state index contributed by atoms with van der Waals surface area (Å²) >= 11 is 0. The van der Waals surface area contributed by atoms with Crippen molar-refractivity contribution in [3.05, 3.63) is 0 Å². The van der Waals surface area contributed by atoms with Crippen molar-refractivity contribution in [2.24, 2.45) is 5.41 Å². The molecule has 5 heteroatoms. The largest absolute Gasteiger partial charge is 0.471 e. The van der Waals surface area contributed by atoms with E-state index in [2.05, 4.69) is 6.92 Å². The van der Waals surface area contributed by atoms with Crippen LogP contribution in [0.25, 0.3) is 0 Å². The second kappa shape index (κ2) is 4.02. The highest BCUT2D eigenvalue weighted by Gasteiger charge is 2.44. The molecule has 1 aliphatic rings. The van der Waals surface area contributed by atoms with E-state index in [0.717, 1.165) is 11.3 Å². The van der Waals surface area contributed by atoms with E-state index in [1.165, 1.54) is 0 Å². The third-order valence-corrected chi connectivity index (χ3v) is 3.35. The van der Waals surface area contributed by atoms with Crippen LogP contribution >= 0.6 is 0 Å². The van der Waals surface area contributed by atoms with Gasteiger partial charge in [-0.2, -0.15) is 13.2 Å². The van der Waals surface area contributed by atoms with Gasteiger partial charge in [-0.05, 0) is 18.3 Å². The second-order valence-corrected chi connectivity index (χ2v) is 4.45. The molecule has 88 valence electrons. The lowest BCUT2D eigenvalue weighted by molar-refractivity contribution is -0.187. The Hall–Kier alpha value is -0.740. The molecule has 1 aliphatic heterocycles. The molecule has 0 N–H and O–H groups in total. The first-order chi connectivity index (χ1) is 6.78. The van der Waals surface area contributed by atoms with Crippen LogP contribution < -0.4 is 0 Å². The molecule has 1 heterocycles. The van der Waals surface area contributed by atoms with Gasteiger partial charge < -0.3 is 4.90 Å². The fourth-order valence-corrected chi connectivity index (χ4v) is 1.78. The minimum absolute atomic E-state index is 0.0996. The highest BCUT2D eigenvalue weighted by molar-refractivity contribution is 5.81. The van der Waals surface area contributed by atoms with E-state index >= 15 is 0 Å². The molecule has 1 amide bonds. The van der Waals surface area contributed by atoms with Gasteiger partial charge in [0.15, 0.2) is 0 Å². The summed E-state index contributed by atoms with van der Waals surface area (Å²) in [5, 5.41) is 0. The van der Waals surface area contributed by atoms with E-state index in [9.17, 15) is 18.0 Å². The quantitative estimate of drug-likeness (QED) is 0.669. The van der Waals surface area contributed by atoms with Crippen LogP contribution in [-0.4, -0.2) is 30.1 Å². The summed E-state index contributed by atoms with van der Waals surface area (Å²) in [6.07, 6.45) is -2.46. The summed E-state index contributed by atoms with van der Waals surface area (Å²) in [5.41, 5.74) is 0.0996. The first-order valence-electron chi connectivity index (χ1n) is 5.14. The molecular weight excluding hydrogens is 207 g/mol. The first kappa shape index (κ1) is 12.3. The molecule has 1 saturated heterocycles. The summed E-state index contributed by atoms with van der Waals surface area (Å²) in [7, 11) is 0. The Kier molecular flexibility index (Phi) is 3.31. The molecule has 15 heavy (non-hydrogen) atoms. The molecular formula is C10H16F3NO. The summed E-state index contributed by atoms with van der Waals surface area (Å²) in [4.78, 5) is 11.8. The van der Waals surface area contributed by atoms with Crippen LogP contribution in [0.2, 0.25) is 0 Å². The number of carbonyl (C=O) groups excluding carboxylic acids is 1. The lowest BCUT2D eigenvalue weighted by Crippen LogP contribution is -2.47. The molecule has 1 fully saturated rings. The number of hydrogen-bond acceptors (Lipinski definition) is 1. The molecule has 0 aliphatic carbocycles. The molecule has 0 aromatic rings. The number of rotatable bonds is 1. The van der Waals surface area contributed by atoms with Gasteiger partial charge in [0.1, 0.15) is 0 Å². The van der Waals surface area contributed by atoms with Crippen molar-refractivity contribution in [3.8, 4) is 0 Å². The van der Waals surface area contributed by atoms with Gasteiger partial charge in [0.2, 0.25) is 0 Å². The maximum atomic E-state index is 12.1. The van der Waals surface area contributed by atoms with Gasteiger partial charge in [0.25, 0.3) is 0 Å². The zero-order chi connectivity index (χ0) is 11.7. The number of halogens is 3. The molecule has 0 atom stereocenters. The van der Waals surface area contributed by atoms with E-state index in [0.29, 0.717) is 12.8 Å². The number of alkyl halides is 3. The predicted molar refractivity (Wildman–Crippen MR) is 50.3 cm³/mol. The maximum Gasteiger partial charge on any atom is 0.471 e. The second-order valence-electron chi connectivity index (χ2n) is 4.45. The van der Waals surface area contributed by atoms with Crippen LogP contribution in [0.1, 0.15) is 33.1 Å². The van der Waals surface area contributed by atoms with Gasteiger partial charge in [0.05, 0.1) is 0 Å². The van der Waals surface area contributed by atoms with Crippen LogP contribution in [0, 0.1) is 5.41 Å². The number of hydrogen-bond donors (Lipinski definition) is 0. The van der Waals surface area contributed by atoms with Gasteiger partial charge in [-0.25, -0.2) is 0 Å². The summed E-state index contributed by atoms with van der Waals surface area (Å²) in [5.74, 6) is -1.69. The molecule has 0 bridgehead atoms. The standard InChI is InChI=1S/C10H16F3NO/c1-3-9(2)4-6-14(7-5-9)8(15)10(11,12)13/h3-7H2,1-2H3. The number of carbonyl (C=O) groups is 1. The average molecular weight is 223 g/mol. The Balaban J connectivity index is 2.55. The van der Waals surface area contributed by atoms with Gasteiger partial charge in [-0.15, -0.1) is 0 Å². The van der Waals surface area contributed by atoms with Crippen LogP contribution in [0.5, 0.6) is 0 Å². The number of likely N-dealkylation sites (tertiary alicyclic amines) is 1. The van der Waals surface area contributed by atoms with Gasteiger partial charge in [-0.3, -0.25) is 4.79 Å². The van der Waals surface area contributed by atoms with Crippen molar-refractivity contribution >= 4 is 5.91 Å². The van der Waals surface area contributed by atoms with Crippen LogP contribution in [0.15, 0.2) is 0 Å². The van der Waals surface area contributed by atoms with E-state index < -0.39 is 12.1 Å². The molecule has 0 aromatic heterocycles. The SMILES string of the molecule is CCC1(C)CCN(C(=O)C(F)(F)F)CC1. The zero-order valence-corrected chi connectivity index (χ0v) is 9.02.